The second-order valence-corrected chi connectivity index (χ2v) is 11.9. The van der Waals surface area contributed by atoms with Crippen molar-refractivity contribution in [2.45, 2.75) is 78.2 Å². The van der Waals surface area contributed by atoms with Gasteiger partial charge in [0.25, 0.3) is 0 Å². The van der Waals surface area contributed by atoms with E-state index in [1.54, 1.807) is 53.7 Å². The van der Waals surface area contributed by atoms with Crippen molar-refractivity contribution in [3.05, 3.63) is 35.9 Å². The number of hydrogen-bond acceptors (Lipinski definition) is 9. The van der Waals surface area contributed by atoms with Crippen LogP contribution in [0.25, 0.3) is 0 Å². The van der Waals surface area contributed by atoms with Crippen LogP contribution >= 0.6 is 0 Å². The molecule has 0 aliphatic carbocycles. The Labute approximate surface area is 236 Å². The Morgan fingerprint density at radius 2 is 1.57 bits per heavy atom. The molecule has 2 amide bonds. The molecule has 1 aliphatic rings. The molecule has 12 nitrogen and oxygen atoms in total. The largest absolute Gasteiger partial charge is 0.465 e. The number of carbonyl (C=O) groups excluding carboxylic acids is 3. The molecular weight excluding hydrogens is 520 g/mol. The van der Waals surface area contributed by atoms with Crippen molar-refractivity contribution in [1.29, 1.82) is 0 Å². The molecule has 2 atom stereocenters. The third-order valence-electron chi connectivity index (χ3n) is 6.08. The van der Waals surface area contributed by atoms with E-state index in [-0.39, 0.29) is 25.6 Å². The molecule has 0 aromatic heterocycles. The van der Waals surface area contributed by atoms with Crippen molar-refractivity contribution < 1.29 is 38.5 Å². The Bertz CT molecular complexity index is 998. The Balaban J connectivity index is 2.17. The average molecular weight is 565 g/mol. The van der Waals surface area contributed by atoms with E-state index >= 15 is 0 Å². The highest BCUT2D eigenvalue weighted by Crippen LogP contribution is 2.20. The summed E-state index contributed by atoms with van der Waals surface area (Å²) in [5, 5.41) is 10.5. The summed E-state index contributed by atoms with van der Waals surface area (Å²) in [4.78, 5) is 51.7. The molecule has 1 unspecified atom stereocenters. The number of amides is 2. The van der Waals surface area contributed by atoms with Gasteiger partial charge in [0.2, 0.25) is 0 Å². The van der Waals surface area contributed by atoms with Gasteiger partial charge >= 0.3 is 24.1 Å². The lowest BCUT2D eigenvalue weighted by Gasteiger charge is -2.35. The number of esters is 2. The molecule has 4 N–H and O–H groups in total. The van der Waals surface area contributed by atoms with Crippen molar-refractivity contribution in [3.8, 4) is 0 Å². The Morgan fingerprint density at radius 1 is 1.00 bits per heavy atom. The van der Waals surface area contributed by atoms with Crippen LogP contribution in [-0.4, -0.2) is 82.6 Å². The van der Waals surface area contributed by atoms with Gasteiger partial charge in [0, 0.05) is 26.2 Å². The van der Waals surface area contributed by atoms with Crippen LogP contribution < -0.4 is 11.2 Å². The summed E-state index contributed by atoms with van der Waals surface area (Å²) in [5.41, 5.74) is 8.30. The topological polar surface area (TPSA) is 161 Å². The van der Waals surface area contributed by atoms with Gasteiger partial charge in [-0.05, 0) is 65.9 Å². The van der Waals surface area contributed by atoms with E-state index in [4.69, 9.17) is 19.9 Å². The Morgan fingerprint density at radius 3 is 2.10 bits per heavy atom. The number of hydrazine groups is 1. The molecule has 40 heavy (non-hydrogen) atoms. The SMILES string of the molecule is CC(C)(C)OC(=O)[C@@H](CNN(CC1CCN(C(=O)O)CC1)C(=O)OC(C)(C)C)C(N)C(=O)OCc1ccccc1. The third-order valence-corrected chi connectivity index (χ3v) is 6.08. The van der Waals surface area contributed by atoms with Gasteiger partial charge in [-0.15, -0.1) is 0 Å². The van der Waals surface area contributed by atoms with Crippen LogP contribution in [0.1, 0.15) is 59.9 Å². The van der Waals surface area contributed by atoms with E-state index in [1.165, 1.54) is 9.91 Å². The van der Waals surface area contributed by atoms with Gasteiger partial charge in [-0.2, -0.15) is 0 Å². The first-order valence-electron chi connectivity index (χ1n) is 13.5. The molecule has 1 aromatic carbocycles. The molecule has 1 heterocycles. The van der Waals surface area contributed by atoms with Gasteiger partial charge in [-0.25, -0.2) is 20.0 Å². The normalized spacial score (nSPS) is 16.0. The van der Waals surface area contributed by atoms with Crippen molar-refractivity contribution >= 4 is 24.1 Å². The summed E-state index contributed by atoms with van der Waals surface area (Å²) < 4.78 is 16.4. The molecule has 224 valence electrons. The minimum atomic E-state index is -1.37. The van der Waals surface area contributed by atoms with Crippen molar-refractivity contribution in [3.63, 3.8) is 0 Å². The van der Waals surface area contributed by atoms with Gasteiger partial charge in [-0.1, -0.05) is 30.3 Å². The third kappa shape index (κ3) is 11.4. The lowest BCUT2D eigenvalue weighted by Crippen LogP contribution is -2.55. The van der Waals surface area contributed by atoms with Crippen LogP contribution in [0.15, 0.2) is 30.3 Å². The molecule has 1 saturated heterocycles. The maximum absolute atomic E-state index is 13.1. The lowest BCUT2D eigenvalue weighted by molar-refractivity contribution is -0.165. The molecular formula is C28H44N4O8. The number of carboxylic acid groups (broad SMARTS) is 1. The molecule has 1 fully saturated rings. The fourth-order valence-corrected chi connectivity index (χ4v) is 4.02. The highest BCUT2D eigenvalue weighted by atomic mass is 16.6. The second kappa shape index (κ2) is 14.3. The number of benzene rings is 1. The summed E-state index contributed by atoms with van der Waals surface area (Å²) in [7, 11) is 0. The number of ether oxygens (including phenoxy) is 3. The monoisotopic (exact) mass is 564 g/mol. The van der Waals surface area contributed by atoms with Crippen molar-refractivity contribution in [2.75, 3.05) is 26.2 Å². The fraction of sp³-hybridized carbons (Fsp3) is 0.643. The van der Waals surface area contributed by atoms with Gasteiger partial charge in [0.05, 0.1) is 5.92 Å². The van der Waals surface area contributed by atoms with E-state index in [2.05, 4.69) is 5.43 Å². The predicted molar refractivity (Wildman–Crippen MR) is 147 cm³/mol. The van der Waals surface area contributed by atoms with Gasteiger partial charge < -0.3 is 30.0 Å². The fourth-order valence-electron chi connectivity index (χ4n) is 4.02. The van der Waals surface area contributed by atoms with E-state index in [1.807, 2.05) is 18.2 Å². The summed E-state index contributed by atoms with van der Waals surface area (Å²) in [6.07, 6.45) is -0.549. The number of piperidine rings is 1. The van der Waals surface area contributed by atoms with Crippen LogP contribution in [0.2, 0.25) is 0 Å². The van der Waals surface area contributed by atoms with Crippen LogP contribution in [0.3, 0.4) is 0 Å². The first kappa shape index (κ1) is 32.8. The molecule has 12 heteroatoms. The molecule has 0 saturated carbocycles. The minimum Gasteiger partial charge on any atom is -0.465 e. The zero-order chi connectivity index (χ0) is 30.1. The van der Waals surface area contributed by atoms with Gasteiger partial charge in [0.1, 0.15) is 23.9 Å². The number of nitrogens with zero attached hydrogens (tertiary/aromatic N) is 2. The quantitative estimate of drug-likeness (QED) is 0.219. The first-order chi connectivity index (χ1) is 18.6. The number of nitrogens with one attached hydrogen (secondary N) is 1. The van der Waals surface area contributed by atoms with Crippen LogP contribution in [-0.2, 0) is 30.4 Å². The number of hydrogen-bond donors (Lipinski definition) is 3. The molecule has 1 aromatic rings. The molecule has 1 aliphatic heterocycles. The predicted octanol–water partition coefficient (Wildman–Crippen LogP) is 3.15. The molecule has 2 rings (SSSR count). The molecule has 0 bridgehead atoms. The average Bonchev–Trinajstić information content (AvgIpc) is 2.85. The minimum absolute atomic E-state index is 0.0130. The maximum Gasteiger partial charge on any atom is 0.424 e. The van der Waals surface area contributed by atoms with Crippen LogP contribution in [0.5, 0.6) is 0 Å². The van der Waals surface area contributed by atoms with Crippen LogP contribution in [0.4, 0.5) is 9.59 Å². The standard InChI is InChI=1S/C28H44N4O8/c1-27(2,3)39-23(33)21(22(29)24(34)38-18-20-10-8-7-9-11-20)16-30-32(26(37)40-28(4,5)6)17-19-12-14-31(15-13-19)25(35)36/h7-11,19,21-22,30H,12-18,29H2,1-6H3,(H,35,36)/t21-,22?/m0/s1. The zero-order valence-electron chi connectivity index (χ0n) is 24.3. The summed E-state index contributed by atoms with van der Waals surface area (Å²) in [6.45, 7) is 11.0. The van der Waals surface area contributed by atoms with E-state index in [0.29, 0.717) is 25.9 Å². The molecule has 0 spiro atoms. The number of nitrogens with two attached hydrogens (primary N) is 1. The van der Waals surface area contributed by atoms with E-state index < -0.39 is 47.3 Å². The smallest absolute Gasteiger partial charge is 0.424 e. The highest BCUT2D eigenvalue weighted by Gasteiger charge is 2.37. The Kier molecular flexibility index (Phi) is 11.7. The first-order valence-corrected chi connectivity index (χ1v) is 13.5. The summed E-state index contributed by atoms with van der Waals surface area (Å²) in [6, 6.07) is 7.69. The number of carbonyl (C=O) groups is 4. The zero-order valence-corrected chi connectivity index (χ0v) is 24.3. The van der Waals surface area contributed by atoms with Gasteiger partial charge in [-0.3, -0.25) is 9.59 Å². The number of likely N-dealkylation sites (tertiary alicyclic amines) is 1. The maximum atomic E-state index is 13.1. The summed E-state index contributed by atoms with van der Waals surface area (Å²) >= 11 is 0. The van der Waals surface area contributed by atoms with Crippen molar-refractivity contribution in [1.82, 2.24) is 15.3 Å². The number of rotatable bonds is 10. The highest BCUT2D eigenvalue weighted by molar-refractivity contribution is 5.85. The Hall–Kier alpha value is -3.38. The van der Waals surface area contributed by atoms with E-state index in [9.17, 15) is 24.3 Å². The van der Waals surface area contributed by atoms with Gasteiger partial charge in [0.15, 0.2) is 0 Å². The second-order valence-electron chi connectivity index (χ2n) is 11.9. The van der Waals surface area contributed by atoms with E-state index in [0.717, 1.165) is 5.56 Å². The van der Waals surface area contributed by atoms with Crippen molar-refractivity contribution in [2.24, 2.45) is 17.6 Å². The lowest BCUT2D eigenvalue weighted by atomic mass is 9.97. The summed E-state index contributed by atoms with van der Waals surface area (Å²) in [5.74, 6) is -2.70. The van der Waals surface area contributed by atoms with Crippen LogP contribution in [0, 0.1) is 11.8 Å². The molecule has 0 radical (unpaired) electrons.